The van der Waals surface area contributed by atoms with Gasteiger partial charge in [0.25, 0.3) is 0 Å². The zero-order valence-electron chi connectivity index (χ0n) is 12.5. The van der Waals surface area contributed by atoms with Crippen LogP contribution in [0, 0.1) is 0 Å². The predicted molar refractivity (Wildman–Crippen MR) is 83.0 cm³/mol. The number of hydrogen-bond donors (Lipinski definition) is 0. The number of halogens is 1. The van der Waals surface area contributed by atoms with Crippen molar-refractivity contribution in [3.05, 3.63) is 23.8 Å². The number of benzene rings is 1. The van der Waals surface area contributed by atoms with E-state index in [-0.39, 0.29) is 18.2 Å². The molecule has 0 unspecified atom stereocenters. The van der Waals surface area contributed by atoms with E-state index in [2.05, 4.69) is 4.90 Å². The van der Waals surface area contributed by atoms with Crippen LogP contribution in [0.3, 0.4) is 0 Å². The van der Waals surface area contributed by atoms with Gasteiger partial charge in [-0.25, -0.2) is 0 Å². The Morgan fingerprint density at radius 1 is 1.33 bits per heavy atom. The average molecular weight is 316 g/mol. The number of hydrogen-bond acceptors (Lipinski definition) is 5. The Kier molecular flexibility index (Phi) is 7.50. The highest BCUT2D eigenvalue weighted by Crippen LogP contribution is 2.25. The van der Waals surface area contributed by atoms with E-state index in [0.717, 1.165) is 32.8 Å². The summed E-state index contributed by atoms with van der Waals surface area (Å²) in [5.41, 5.74) is 0.591. The quantitative estimate of drug-likeness (QED) is 0.752. The van der Waals surface area contributed by atoms with E-state index in [9.17, 15) is 4.79 Å². The summed E-state index contributed by atoms with van der Waals surface area (Å²) in [6.45, 7) is 6.33. The molecule has 1 heterocycles. The van der Waals surface area contributed by atoms with Crippen LogP contribution in [0.4, 0.5) is 0 Å². The number of morpholine rings is 1. The molecule has 1 fully saturated rings. The van der Waals surface area contributed by atoms with Crippen molar-refractivity contribution in [3.8, 4) is 11.5 Å². The molecule has 5 nitrogen and oxygen atoms in total. The number of carbonyl (C=O) groups excluding carboxylic acids is 1. The number of rotatable bonds is 6. The molecule has 0 saturated carbocycles. The van der Waals surface area contributed by atoms with Gasteiger partial charge < -0.3 is 14.2 Å². The Morgan fingerprint density at radius 3 is 2.67 bits per heavy atom. The first-order valence-corrected chi connectivity index (χ1v) is 6.82. The molecule has 0 aromatic heterocycles. The number of methoxy groups -OCH3 is 1. The molecule has 0 aliphatic carbocycles. The molecule has 0 spiro atoms. The normalized spacial score (nSPS) is 15.1. The zero-order chi connectivity index (χ0) is 14.4. The van der Waals surface area contributed by atoms with Gasteiger partial charge in [0.1, 0.15) is 18.1 Å². The summed E-state index contributed by atoms with van der Waals surface area (Å²) in [6.07, 6.45) is 0. The summed E-state index contributed by atoms with van der Waals surface area (Å²) in [5.74, 6) is 1.27. The van der Waals surface area contributed by atoms with E-state index in [1.54, 1.807) is 25.3 Å². The second-order valence-corrected chi connectivity index (χ2v) is 4.72. The van der Waals surface area contributed by atoms with Gasteiger partial charge >= 0.3 is 0 Å². The number of ketones is 1. The monoisotopic (exact) mass is 315 g/mol. The second-order valence-electron chi connectivity index (χ2n) is 4.72. The molecular formula is C15H22ClNO4. The highest BCUT2D eigenvalue weighted by Gasteiger charge is 2.12. The standard InChI is InChI=1S/C15H21NO4.ClH/c1-12(17)14-4-3-13(18-2)11-15(14)20-10-7-16-5-8-19-9-6-16;/h3-4,11H,5-10H2,1-2H3;1H. The van der Waals surface area contributed by atoms with E-state index in [4.69, 9.17) is 14.2 Å². The van der Waals surface area contributed by atoms with Crippen LogP contribution < -0.4 is 9.47 Å². The van der Waals surface area contributed by atoms with Crippen LogP contribution in [0.5, 0.6) is 11.5 Å². The molecule has 6 heteroatoms. The summed E-state index contributed by atoms with van der Waals surface area (Å²) < 4.78 is 16.2. The first-order chi connectivity index (χ1) is 9.70. The fourth-order valence-electron chi connectivity index (χ4n) is 2.15. The van der Waals surface area contributed by atoms with Gasteiger partial charge in [-0.05, 0) is 19.1 Å². The van der Waals surface area contributed by atoms with Crippen molar-refractivity contribution in [2.75, 3.05) is 46.6 Å². The summed E-state index contributed by atoms with van der Waals surface area (Å²) in [5, 5.41) is 0. The summed E-state index contributed by atoms with van der Waals surface area (Å²) >= 11 is 0. The Balaban J connectivity index is 0.00000220. The lowest BCUT2D eigenvalue weighted by Gasteiger charge is -2.26. The van der Waals surface area contributed by atoms with Crippen molar-refractivity contribution in [1.29, 1.82) is 0 Å². The highest BCUT2D eigenvalue weighted by molar-refractivity contribution is 5.97. The first-order valence-electron chi connectivity index (χ1n) is 6.82. The lowest BCUT2D eigenvalue weighted by Crippen LogP contribution is -2.38. The van der Waals surface area contributed by atoms with Gasteiger partial charge in [-0.2, -0.15) is 0 Å². The van der Waals surface area contributed by atoms with E-state index in [1.807, 2.05) is 0 Å². The van der Waals surface area contributed by atoms with Gasteiger partial charge in [0.05, 0.1) is 25.9 Å². The van der Waals surface area contributed by atoms with Gasteiger partial charge in [-0.3, -0.25) is 9.69 Å². The van der Waals surface area contributed by atoms with Crippen molar-refractivity contribution in [2.45, 2.75) is 6.92 Å². The van der Waals surface area contributed by atoms with Crippen LogP contribution in [0.2, 0.25) is 0 Å². The lowest BCUT2D eigenvalue weighted by atomic mass is 10.1. The minimum absolute atomic E-state index is 0. The van der Waals surface area contributed by atoms with Crippen molar-refractivity contribution in [1.82, 2.24) is 4.90 Å². The number of carbonyl (C=O) groups is 1. The van der Waals surface area contributed by atoms with Crippen LogP contribution in [-0.4, -0.2) is 57.2 Å². The molecule has 0 bridgehead atoms. The van der Waals surface area contributed by atoms with Crippen LogP contribution in [0.25, 0.3) is 0 Å². The Morgan fingerprint density at radius 2 is 2.05 bits per heavy atom. The molecule has 118 valence electrons. The fraction of sp³-hybridized carbons (Fsp3) is 0.533. The Labute approximate surface area is 131 Å². The van der Waals surface area contributed by atoms with Crippen LogP contribution in [0.15, 0.2) is 18.2 Å². The van der Waals surface area contributed by atoms with Crippen LogP contribution in [0.1, 0.15) is 17.3 Å². The average Bonchev–Trinajstić information content (AvgIpc) is 2.48. The molecule has 0 radical (unpaired) electrons. The second kappa shape index (κ2) is 8.87. The largest absolute Gasteiger partial charge is 0.497 e. The molecule has 2 rings (SSSR count). The van der Waals surface area contributed by atoms with Crippen molar-refractivity contribution < 1.29 is 19.0 Å². The molecule has 1 saturated heterocycles. The summed E-state index contributed by atoms with van der Waals surface area (Å²) in [7, 11) is 1.60. The zero-order valence-corrected chi connectivity index (χ0v) is 13.3. The van der Waals surface area contributed by atoms with Crippen LogP contribution in [-0.2, 0) is 4.74 Å². The van der Waals surface area contributed by atoms with Gasteiger partial charge in [0, 0.05) is 25.7 Å². The Hall–Kier alpha value is -1.30. The molecule has 0 atom stereocenters. The van der Waals surface area contributed by atoms with Gasteiger partial charge in [0.2, 0.25) is 0 Å². The van der Waals surface area contributed by atoms with E-state index >= 15 is 0 Å². The molecule has 1 aliphatic heterocycles. The van der Waals surface area contributed by atoms with Gasteiger partial charge in [-0.1, -0.05) is 0 Å². The third-order valence-corrected chi connectivity index (χ3v) is 3.34. The smallest absolute Gasteiger partial charge is 0.163 e. The maximum Gasteiger partial charge on any atom is 0.163 e. The molecule has 21 heavy (non-hydrogen) atoms. The van der Waals surface area contributed by atoms with Crippen LogP contribution >= 0.6 is 12.4 Å². The predicted octanol–water partition coefficient (Wildman–Crippen LogP) is 2.03. The number of ether oxygens (including phenoxy) is 3. The molecule has 1 aromatic carbocycles. The third-order valence-electron chi connectivity index (χ3n) is 3.34. The summed E-state index contributed by atoms with van der Waals surface area (Å²) in [6, 6.07) is 5.27. The molecular weight excluding hydrogens is 294 g/mol. The molecule has 0 amide bonds. The van der Waals surface area contributed by atoms with E-state index in [0.29, 0.717) is 23.7 Å². The van der Waals surface area contributed by atoms with E-state index < -0.39 is 0 Å². The van der Waals surface area contributed by atoms with Crippen molar-refractivity contribution in [2.24, 2.45) is 0 Å². The third kappa shape index (κ3) is 5.19. The summed E-state index contributed by atoms with van der Waals surface area (Å²) in [4.78, 5) is 13.9. The minimum Gasteiger partial charge on any atom is -0.497 e. The number of Topliss-reactive ketones (excluding diaryl/α,β-unsaturated/α-hetero) is 1. The maximum absolute atomic E-state index is 11.6. The molecule has 1 aliphatic rings. The van der Waals surface area contributed by atoms with Crippen molar-refractivity contribution in [3.63, 3.8) is 0 Å². The molecule has 0 N–H and O–H groups in total. The fourth-order valence-corrected chi connectivity index (χ4v) is 2.15. The van der Waals surface area contributed by atoms with E-state index in [1.165, 1.54) is 6.92 Å². The topological polar surface area (TPSA) is 48.0 Å². The number of nitrogens with zero attached hydrogens (tertiary/aromatic N) is 1. The van der Waals surface area contributed by atoms with Gasteiger partial charge in [0.15, 0.2) is 5.78 Å². The maximum atomic E-state index is 11.6. The van der Waals surface area contributed by atoms with Crippen molar-refractivity contribution >= 4 is 18.2 Å². The first kappa shape index (κ1) is 17.8. The Bertz CT molecular complexity index is 461. The minimum atomic E-state index is -0.00553. The molecule has 1 aromatic rings. The SMILES string of the molecule is COc1ccc(C(C)=O)c(OCCN2CCOCC2)c1.Cl. The lowest BCUT2D eigenvalue weighted by molar-refractivity contribution is 0.0322. The highest BCUT2D eigenvalue weighted by atomic mass is 35.5. The van der Waals surface area contributed by atoms with Gasteiger partial charge in [-0.15, -0.1) is 12.4 Å².